The molecule has 4 heterocycles. The smallest absolute Gasteiger partial charge is 0.308 e. The van der Waals surface area contributed by atoms with Crippen LogP contribution in [0.15, 0.2) is 46.7 Å². The van der Waals surface area contributed by atoms with Gasteiger partial charge in [-0.3, -0.25) is 14.4 Å². The fourth-order valence-electron chi connectivity index (χ4n) is 4.30. The molecule has 1 unspecified atom stereocenters. The maximum Gasteiger partial charge on any atom is 0.308 e. The number of hydrogen-bond acceptors (Lipinski definition) is 9. The lowest BCUT2D eigenvalue weighted by molar-refractivity contribution is -0.141. The fraction of sp³-hybridized carbons (Fsp3) is 0.280. The summed E-state index contributed by atoms with van der Waals surface area (Å²) in [6, 6.07) is 8.35. The zero-order chi connectivity index (χ0) is 26.6. The third kappa shape index (κ3) is 4.25. The van der Waals surface area contributed by atoms with E-state index in [0.29, 0.717) is 28.6 Å². The van der Waals surface area contributed by atoms with Gasteiger partial charge >= 0.3 is 5.97 Å². The van der Waals surface area contributed by atoms with Crippen molar-refractivity contribution in [2.24, 2.45) is 10.9 Å². The molecule has 0 radical (unpaired) electrons. The van der Waals surface area contributed by atoms with E-state index < -0.39 is 27.8 Å². The minimum atomic E-state index is -3.55. The second-order valence-corrected chi connectivity index (χ2v) is 12.1. The number of fused-ring (bicyclic) bond motifs is 3. The van der Waals surface area contributed by atoms with Crippen LogP contribution in [0.4, 0.5) is 0 Å². The van der Waals surface area contributed by atoms with Gasteiger partial charge < -0.3 is 5.11 Å². The van der Waals surface area contributed by atoms with Crippen LogP contribution in [0.2, 0.25) is 0 Å². The molecule has 12 heteroatoms. The molecule has 0 aliphatic carbocycles. The van der Waals surface area contributed by atoms with Crippen LogP contribution in [0, 0.1) is 26.7 Å². The van der Waals surface area contributed by atoms with Gasteiger partial charge in [0.2, 0.25) is 15.0 Å². The Balaban J connectivity index is 1.68. The van der Waals surface area contributed by atoms with Gasteiger partial charge in [0.25, 0.3) is 0 Å². The fourth-order valence-corrected chi connectivity index (χ4v) is 6.03. The largest absolute Gasteiger partial charge is 0.481 e. The first-order chi connectivity index (χ1) is 17.5. The molecular weight excluding hydrogens is 512 g/mol. The minimum absolute atomic E-state index is 0.236. The van der Waals surface area contributed by atoms with Crippen molar-refractivity contribution in [3.63, 3.8) is 0 Å². The zero-order valence-electron chi connectivity index (χ0n) is 20.8. The standard InChI is InChI=1S/C25H24N6O4S2/c1-12-14(3)36-23-19(12)21(28-20(13(2)24(32)33)22-30-29-15(4)31(22)23)17-8-6-16(7-9-17)18-10-11-26-25(27-18)37(5,34)35/h6-11,13,20H,1-5H3,(H,32,33)/t13?,20-/m0/s1. The first-order valence-electron chi connectivity index (χ1n) is 11.4. The lowest BCUT2D eigenvalue weighted by atomic mass is 9.97. The highest BCUT2D eigenvalue weighted by atomic mass is 32.2. The Bertz CT molecular complexity index is 1690. The summed E-state index contributed by atoms with van der Waals surface area (Å²) in [5, 5.41) is 19.1. The maximum atomic E-state index is 12.0. The van der Waals surface area contributed by atoms with E-state index >= 15 is 0 Å². The molecule has 3 aromatic heterocycles. The predicted octanol–water partition coefficient (Wildman–Crippen LogP) is 3.73. The van der Waals surface area contributed by atoms with Gasteiger partial charge in [0.15, 0.2) is 5.82 Å². The Morgan fingerprint density at radius 2 is 1.76 bits per heavy atom. The number of aromatic nitrogens is 5. The highest BCUT2D eigenvalue weighted by Crippen LogP contribution is 2.40. The molecular formula is C25H24N6O4S2. The van der Waals surface area contributed by atoms with Gasteiger partial charge in [-0.1, -0.05) is 24.3 Å². The number of carboxylic acids is 1. The highest BCUT2D eigenvalue weighted by Gasteiger charge is 2.36. The third-order valence-corrected chi connectivity index (χ3v) is 8.52. The van der Waals surface area contributed by atoms with Crippen molar-refractivity contribution in [3.05, 3.63) is 69.7 Å². The van der Waals surface area contributed by atoms with Crippen LogP contribution in [-0.2, 0) is 14.6 Å². The Morgan fingerprint density at radius 1 is 1.08 bits per heavy atom. The van der Waals surface area contributed by atoms with E-state index in [4.69, 9.17) is 4.99 Å². The van der Waals surface area contributed by atoms with Crippen LogP contribution in [-0.4, -0.2) is 56.2 Å². The lowest BCUT2D eigenvalue weighted by Gasteiger charge is -2.16. The molecule has 4 aromatic rings. The van der Waals surface area contributed by atoms with Crippen LogP contribution in [0.25, 0.3) is 16.3 Å². The monoisotopic (exact) mass is 536 g/mol. The molecule has 1 aliphatic heterocycles. The summed E-state index contributed by atoms with van der Waals surface area (Å²) in [6.45, 7) is 7.54. The molecule has 2 atom stereocenters. The summed E-state index contributed by atoms with van der Waals surface area (Å²) in [6.07, 6.45) is 2.49. The average molecular weight is 537 g/mol. The summed E-state index contributed by atoms with van der Waals surface area (Å²) in [5.74, 6) is -0.644. The zero-order valence-corrected chi connectivity index (χ0v) is 22.4. The van der Waals surface area contributed by atoms with Gasteiger partial charge in [-0.2, -0.15) is 0 Å². The third-order valence-electron chi connectivity index (χ3n) is 6.47. The summed E-state index contributed by atoms with van der Waals surface area (Å²) >= 11 is 1.60. The minimum Gasteiger partial charge on any atom is -0.481 e. The molecule has 0 saturated heterocycles. The molecule has 0 saturated carbocycles. The van der Waals surface area contributed by atoms with E-state index in [0.717, 1.165) is 32.8 Å². The van der Waals surface area contributed by atoms with Gasteiger partial charge in [-0.15, -0.1) is 21.5 Å². The van der Waals surface area contributed by atoms with Crippen LogP contribution >= 0.6 is 11.3 Å². The van der Waals surface area contributed by atoms with E-state index in [2.05, 4.69) is 20.2 Å². The normalized spacial score (nSPS) is 15.9. The first kappa shape index (κ1) is 24.9. The Morgan fingerprint density at radius 3 is 2.41 bits per heavy atom. The van der Waals surface area contributed by atoms with Crippen molar-refractivity contribution in [2.75, 3.05) is 6.26 Å². The predicted molar refractivity (Wildman–Crippen MR) is 139 cm³/mol. The number of hydrogen-bond donors (Lipinski definition) is 1. The molecule has 5 rings (SSSR count). The Hall–Kier alpha value is -3.77. The summed E-state index contributed by atoms with van der Waals surface area (Å²) < 4.78 is 25.7. The topological polar surface area (TPSA) is 140 Å². The van der Waals surface area contributed by atoms with Gasteiger partial charge in [-0.25, -0.2) is 18.4 Å². The number of carbonyl (C=O) groups is 1. The quantitative estimate of drug-likeness (QED) is 0.381. The summed E-state index contributed by atoms with van der Waals surface area (Å²) in [5.41, 5.74) is 4.63. The SMILES string of the molecule is Cc1sc2c(c1C)C(c1ccc(-c3ccnc(S(C)(=O)=O)n3)cc1)=N[C@@H](C(C)C(=O)O)c1nnc(C)n1-2. The van der Waals surface area contributed by atoms with Gasteiger partial charge in [-0.05, 0) is 39.3 Å². The van der Waals surface area contributed by atoms with Gasteiger partial charge in [0, 0.05) is 34.0 Å². The van der Waals surface area contributed by atoms with Crippen molar-refractivity contribution in [2.45, 2.75) is 38.9 Å². The van der Waals surface area contributed by atoms with Crippen molar-refractivity contribution in [1.29, 1.82) is 0 Å². The molecule has 0 spiro atoms. The van der Waals surface area contributed by atoms with Crippen molar-refractivity contribution in [1.82, 2.24) is 24.7 Å². The van der Waals surface area contributed by atoms with Gasteiger partial charge in [0.05, 0.1) is 17.3 Å². The number of carboxylic acid groups (broad SMARTS) is 1. The van der Waals surface area contributed by atoms with Crippen LogP contribution in [0.5, 0.6) is 0 Å². The maximum absolute atomic E-state index is 12.0. The second kappa shape index (κ2) is 8.96. The molecule has 0 amide bonds. The lowest BCUT2D eigenvalue weighted by Crippen LogP contribution is -2.21. The molecule has 1 aromatic carbocycles. The molecule has 190 valence electrons. The number of benzene rings is 1. The molecule has 37 heavy (non-hydrogen) atoms. The molecule has 0 bridgehead atoms. The second-order valence-electron chi connectivity index (χ2n) is 9.03. The van der Waals surface area contributed by atoms with E-state index in [-0.39, 0.29) is 5.16 Å². The summed E-state index contributed by atoms with van der Waals surface area (Å²) in [7, 11) is -3.55. The highest BCUT2D eigenvalue weighted by molar-refractivity contribution is 7.90. The van der Waals surface area contributed by atoms with Crippen LogP contribution < -0.4 is 0 Å². The van der Waals surface area contributed by atoms with E-state index in [1.54, 1.807) is 24.3 Å². The average Bonchev–Trinajstić information content (AvgIpc) is 3.33. The number of thiophene rings is 1. The van der Waals surface area contributed by atoms with E-state index in [1.165, 1.54) is 6.20 Å². The number of aliphatic carboxylic acids is 1. The Kier molecular flexibility index (Phi) is 6.03. The first-order valence-corrected chi connectivity index (χ1v) is 14.1. The molecule has 10 nitrogen and oxygen atoms in total. The molecule has 1 aliphatic rings. The Labute approximate surface area is 217 Å². The number of rotatable bonds is 5. The van der Waals surface area contributed by atoms with Gasteiger partial charge in [0.1, 0.15) is 16.9 Å². The van der Waals surface area contributed by atoms with Crippen molar-refractivity contribution >= 4 is 32.9 Å². The molecule has 1 N–H and O–H groups in total. The summed E-state index contributed by atoms with van der Waals surface area (Å²) in [4.78, 5) is 26.2. The number of nitrogens with zero attached hydrogens (tertiary/aromatic N) is 6. The number of sulfone groups is 1. The van der Waals surface area contributed by atoms with Crippen LogP contribution in [0.1, 0.15) is 46.2 Å². The number of aryl methyl sites for hydroxylation is 2. The van der Waals surface area contributed by atoms with Crippen molar-refractivity contribution in [3.8, 4) is 16.3 Å². The van der Waals surface area contributed by atoms with E-state index in [9.17, 15) is 18.3 Å². The molecule has 0 fully saturated rings. The van der Waals surface area contributed by atoms with Crippen molar-refractivity contribution < 1.29 is 18.3 Å². The van der Waals surface area contributed by atoms with E-state index in [1.807, 2.05) is 49.6 Å². The van der Waals surface area contributed by atoms with Crippen LogP contribution in [0.3, 0.4) is 0 Å². The number of aliphatic imine (C=N–C) groups is 1.